The van der Waals surface area contributed by atoms with Gasteiger partial charge in [0.25, 0.3) is 0 Å². The van der Waals surface area contributed by atoms with Gasteiger partial charge in [-0.15, -0.1) is 0 Å². The molecule has 1 amide bonds. The molecule has 0 spiro atoms. The van der Waals surface area contributed by atoms with Gasteiger partial charge in [-0.1, -0.05) is 6.92 Å². The lowest BCUT2D eigenvalue weighted by atomic mass is 9.91. The molecule has 2 heterocycles. The monoisotopic (exact) mass is 254 g/mol. The second-order valence-corrected chi connectivity index (χ2v) is 5.63. The Labute approximate surface area is 110 Å². The summed E-state index contributed by atoms with van der Waals surface area (Å²) in [4.78, 5) is 14.8. The molecule has 0 aromatic carbocycles. The highest BCUT2D eigenvalue weighted by molar-refractivity contribution is 5.80. The van der Waals surface area contributed by atoms with E-state index in [4.69, 9.17) is 10.5 Å². The smallest absolute Gasteiger partial charge is 0.228 e. The quantitative estimate of drug-likeness (QED) is 0.831. The standard InChI is InChI=1S/C14H26N2O2/c1-3-13-12(7-8-18-13)14(17)16-10(2)5-4-6-11(16)9-15/h10-13H,3-9,15H2,1-2H3. The minimum Gasteiger partial charge on any atom is -0.377 e. The van der Waals surface area contributed by atoms with Crippen molar-refractivity contribution >= 4 is 5.91 Å². The molecule has 18 heavy (non-hydrogen) atoms. The van der Waals surface area contributed by atoms with Crippen LogP contribution >= 0.6 is 0 Å². The zero-order valence-electron chi connectivity index (χ0n) is 11.6. The minimum absolute atomic E-state index is 0.0598. The average molecular weight is 254 g/mol. The van der Waals surface area contributed by atoms with E-state index in [9.17, 15) is 4.79 Å². The fourth-order valence-corrected chi connectivity index (χ4v) is 3.44. The van der Waals surface area contributed by atoms with Gasteiger partial charge in [-0.3, -0.25) is 4.79 Å². The first-order valence-electron chi connectivity index (χ1n) is 7.32. The Morgan fingerprint density at radius 2 is 2.17 bits per heavy atom. The van der Waals surface area contributed by atoms with Crippen molar-refractivity contribution in [3.05, 3.63) is 0 Å². The third-order valence-electron chi connectivity index (χ3n) is 4.48. The Kier molecular flexibility index (Phi) is 4.62. The second-order valence-electron chi connectivity index (χ2n) is 5.63. The summed E-state index contributed by atoms with van der Waals surface area (Å²) in [6, 6.07) is 0.567. The summed E-state index contributed by atoms with van der Waals surface area (Å²) >= 11 is 0. The van der Waals surface area contributed by atoms with Gasteiger partial charge >= 0.3 is 0 Å². The van der Waals surface area contributed by atoms with Gasteiger partial charge in [0.05, 0.1) is 12.0 Å². The van der Waals surface area contributed by atoms with Crippen LogP contribution in [0.5, 0.6) is 0 Å². The molecule has 0 aromatic rings. The molecular weight excluding hydrogens is 228 g/mol. The maximum absolute atomic E-state index is 12.7. The zero-order chi connectivity index (χ0) is 13.1. The highest BCUT2D eigenvalue weighted by Crippen LogP contribution is 2.30. The van der Waals surface area contributed by atoms with E-state index in [1.807, 2.05) is 0 Å². The highest BCUT2D eigenvalue weighted by Gasteiger charge is 2.40. The number of carbonyl (C=O) groups is 1. The summed E-state index contributed by atoms with van der Waals surface area (Å²) in [6.45, 7) is 5.55. The lowest BCUT2D eigenvalue weighted by Crippen LogP contribution is -2.54. The van der Waals surface area contributed by atoms with Crippen molar-refractivity contribution in [2.75, 3.05) is 13.2 Å². The maximum atomic E-state index is 12.7. The van der Waals surface area contributed by atoms with Crippen LogP contribution in [0.25, 0.3) is 0 Å². The van der Waals surface area contributed by atoms with Crippen LogP contribution in [0, 0.1) is 5.92 Å². The van der Waals surface area contributed by atoms with Crippen LogP contribution in [0.4, 0.5) is 0 Å². The number of nitrogens with two attached hydrogens (primary N) is 1. The van der Waals surface area contributed by atoms with E-state index < -0.39 is 0 Å². The predicted octanol–water partition coefficient (Wildman–Crippen LogP) is 1.53. The van der Waals surface area contributed by atoms with E-state index in [1.54, 1.807) is 0 Å². The lowest BCUT2D eigenvalue weighted by Gasteiger charge is -2.42. The van der Waals surface area contributed by atoms with Crippen LogP contribution < -0.4 is 5.73 Å². The van der Waals surface area contributed by atoms with Crippen molar-refractivity contribution in [1.29, 1.82) is 0 Å². The normalized spacial score (nSPS) is 36.9. The van der Waals surface area contributed by atoms with Crippen molar-refractivity contribution in [2.24, 2.45) is 11.7 Å². The number of carbonyl (C=O) groups excluding carboxylic acids is 1. The molecule has 0 radical (unpaired) electrons. The van der Waals surface area contributed by atoms with Crippen molar-refractivity contribution in [3.8, 4) is 0 Å². The number of piperidine rings is 1. The summed E-state index contributed by atoms with van der Waals surface area (Å²) in [7, 11) is 0. The first-order chi connectivity index (χ1) is 8.69. The number of amides is 1. The molecule has 0 bridgehead atoms. The molecule has 4 nitrogen and oxygen atoms in total. The van der Waals surface area contributed by atoms with E-state index in [0.29, 0.717) is 12.6 Å². The largest absolute Gasteiger partial charge is 0.377 e. The van der Waals surface area contributed by atoms with Gasteiger partial charge in [0.2, 0.25) is 5.91 Å². The van der Waals surface area contributed by atoms with E-state index in [1.165, 1.54) is 6.42 Å². The van der Waals surface area contributed by atoms with Crippen LogP contribution in [-0.2, 0) is 9.53 Å². The van der Waals surface area contributed by atoms with Gasteiger partial charge in [0.1, 0.15) is 0 Å². The number of likely N-dealkylation sites (tertiary alicyclic amines) is 1. The molecule has 2 fully saturated rings. The minimum atomic E-state index is 0.0598. The molecular formula is C14H26N2O2. The molecule has 2 N–H and O–H groups in total. The SMILES string of the molecule is CCC1OCCC1C(=O)N1C(C)CCCC1CN. The van der Waals surface area contributed by atoms with E-state index in [-0.39, 0.29) is 24.0 Å². The molecule has 4 atom stereocenters. The van der Waals surface area contributed by atoms with Crippen LogP contribution in [0.3, 0.4) is 0 Å². The summed E-state index contributed by atoms with van der Waals surface area (Å²) in [5.74, 6) is 0.339. The predicted molar refractivity (Wildman–Crippen MR) is 71.1 cm³/mol. The molecule has 4 unspecified atom stereocenters. The van der Waals surface area contributed by atoms with Gasteiger partial charge < -0.3 is 15.4 Å². The van der Waals surface area contributed by atoms with Crippen LogP contribution in [0.2, 0.25) is 0 Å². The number of nitrogens with zero attached hydrogens (tertiary/aromatic N) is 1. The Morgan fingerprint density at radius 3 is 2.83 bits per heavy atom. The van der Waals surface area contributed by atoms with E-state index in [0.717, 1.165) is 32.3 Å². The molecule has 2 aliphatic heterocycles. The summed E-state index contributed by atoms with van der Waals surface area (Å²) in [6.07, 6.45) is 5.25. The second kappa shape index (κ2) is 6.02. The van der Waals surface area contributed by atoms with Crippen LogP contribution in [-0.4, -0.2) is 42.1 Å². The average Bonchev–Trinajstić information content (AvgIpc) is 2.85. The number of hydrogen-bond donors (Lipinski definition) is 1. The Balaban J connectivity index is 2.09. The molecule has 2 rings (SSSR count). The molecule has 0 aliphatic carbocycles. The van der Waals surface area contributed by atoms with Crippen molar-refractivity contribution in [2.45, 2.75) is 64.1 Å². The summed E-state index contributed by atoms with van der Waals surface area (Å²) in [5.41, 5.74) is 5.83. The molecule has 2 aliphatic rings. The lowest BCUT2D eigenvalue weighted by molar-refractivity contribution is -0.143. The molecule has 0 aromatic heterocycles. The first-order valence-corrected chi connectivity index (χ1v) is 7.32. The Hall–Kier alpha value is -0.610. The van der Waals surface area contributed by atoms with Crippen LogP contribution in [0.1, 0.15) is 46.0 Å². The molecule has 104 valence electrons. The van der Waals surface area contributed by atoms with Gasteiger partial charge in [-0.05, 0) is 39.0 Å². The van der Waals surface area contributed by atoms with Gasteiger partial charge in [-0.2, -0.15) is 0 Å². The third-order valence-corrected chi connectivity index (χ3v) is 4.48. The summed E-state index contributed by atoms with van der Waals surface area (Å²) in [5, 5.41) is 0. The molecule has 0 saturated carbocycles. The maximum Gasteiger partial charge on any atom is 0.228 e. The number of rotatable bonds is 3. The van der Waals surface area contributed by atoms with Crippen molar-refractivity contribution in [1.82, 2.24) is 4.90 Å². The Morgan fingerprint density at radius 1 is 1.39 bits per heavy atom. The zero-order valence-corrected chi connectivity index (χ0v) is 11.6. The molecule has 2 saturated heterocycles. The Bertz CT molecular complexity index is 296. The van der Waals surface area contributed by atoms with E-state index in [2.05, 4.69) is 18.7 Å². The molecule has 4 heteroatoms. The van der Waals surface area contributed by atoms with Crippen molar-refractivity contribution < 1.29 is 9.53 Å². The van der Waals surface area contributed by atoms with E-state index >= 15 is 0 Å². The van der Waals surface area contributed by atoms with Gasteiger partial charge in [0, 0.05) is 25.2 Å². The fraction of sp³-hybridized carbons (Fsp3) is 0.929. The third kappa shape index (κ3) is 2.54. The summed E-state index contributed by atoms with van der Waals surface area (Å²) < 4.78 is 5.65. The number of hydrogen-bond acceptors (Lipinski definition) is 3. The van der Waals surface area contributed by atoms with Crippen LogP contribution in [0.15, 0.2) is 0 Å². The number of ether oxygens (including phenoxy) is 1. The first kappa shape index (κ1) is 13.8. The topological polar surface area (TPSA) is 55.6 Å². The van der Waals surface area contributed by atoms with Gasteiger partial charge in [-0.25, -0.2) is 0 Å². The van der Waals surface area contributed by atoms with Gasteiger partial charge in [0.15, 0.2) is 0 Å². The fourth-order valence-electron chi connectivity index (χ4n) is 3.44. The van der Waals surface area contributed by atoms with Crippen molar-refractivity contribution in [3.63, 3.8) is 0 Å². The highest BCUT2D eigenvalue weighted by atomic mass is 16.5.